The molecule has 3 aliphatic rings. The van der Waals surface area contributed by atoms with Crippen LogP contribution in [0, 0.1) is 12.8 Å². The number of H-pyrrole nitrogens is 1. The normalized spacial score (nSPS) is 22.8. The number of aromatic nitrogens is 2. The minimum atomic E-state index is -0.0374. The summed E-state index contributed by atoms with van der Waals surface area (Å²) in [5.74, 6) is 0.361. The molecule has 0 saturated carbocycles. The smallest absolute Gasteiger partial charge is 0.272 e. The van der Waals surface area contributed by atoms with Gasteiger partial charge in [-0.1, -0.05) is 6.07 Å². The third-order valence-corrected chi connectivity index (χ3v) is 5.33. The van der Waals surface area contributed by atoms with Crippen LogP contribution in [-0.2, 0) is 0 Å². The van der Waals surface area contributed by atoms with Crippen LogP contribution < -0.4 is 0 Å². The van der Waals surface area contributed by atoms with Crippen LogP contribution in [0.4, 0.5) is 0 Å². The van der Waals surface area contributed by atoms with Crippen molar-refractivity contribution in [3.05, 3.63) is 53.6 Å². The predicted octanol–water partition coefficient (Wildman–Crippen LogP) is 2.09. The number of rotatable bonds is 2. The molecule has 2 aromatic rings. The fraction of sp³-hybridized carbons (Fsp3) is 0.421. The second kappa shape index (κ2) is 6.35. The molecule has 1 N–H and O–H groups in total. The average Bonchev–Trinajstić information content (AvgIpc) is 2.87. The number of fused-ring (bicyclic) bond motifs is 4. The quantitative estimate of drug-likeness (QED) is 0.912. The van der Waals surface area contributed by atoms with Crippen LogP contribution in [0.3, 0.4) is 0 Å². The lowest BCUT2D eigenvalue weighted by Gasteiger charge is -2.36. The Kier molecular flexibility index (Phi) is 4.03. The summed E-state index contributed by atoms with van der Waals surface area (Å²) in [5.41, 5.74) is 2.10. The van der Waals surface area contributed by atoms with Crippen molar-refractivity contribution in [2.24, 2.45) is 5.92 Å². The van der Waals surface area contributed by atoms with E-state index in [0.717, 1.165) is 30.6 Å². The second-order valence-corrected chi connectivity index (χ2v) is 7.00. The average molecular weight is 338 g/mol. The van der Waals surface area contributed by atoms with Crippen molar-refractivity contribution in [3.63, 3.8) is 0 Å². The molecule has 5 heterocycles. The van der Waals surface area contributed by atoms with E-state index < -0.39 is 0 Å². The molecule has 130 valence electrons. The Hall–Kier alpha value is -2.63. The number of aryl methyl sites for hydroxylation is 1. The fourth-order valence-electron chi connectivity index (χ4n) is 3.99. The van der Waals surface area contributed by atoms with Gasteiger partial charge in [0.25, 0.3) is 11.8 Å². The molecule has 0 radical (unpaired) electrons. The van der Waals surface area contributed by atoms with Crippen LogP contribution in [0.1, 0.15) is 39.4 Å². The van der Waals surface area contributed by atoms with Crippen molar-refractivity contribution in [1.82, 2.24) is 19.8 Å². The molecule has 3 fully saturated rings. The lowest BCUT2D eigenvalue weighted by Crippen LogP contribution is -2.47. The van der Waals surface area contributed by atoms with Gasteiger partial charge >= 0.3 is 0 Å². The maximum Gasteiger partial charge on any atom is 0.272 e. The SMILES string of the molecule is Cc1[nH]ccc1C(=O)N1C[C@@H]2CC[C@H]1CN(C(=O)c1ccccn1)C2. The molecule has 2 bridgehead atoms. The summed E-state index contributed by atoms with van der Waals surface area (Å²) in [6.07, 6.45) is 5.46. The molecule has 6 heteroatoms. The lowest BCUT2D eigenvalue weighted by atomic mass is 9.94. The van der Waals surface area contributed by atoms with Crippen molar-refractivity contribution < 1.29 is 9.59 Å². The van der Waals surface area contributed by atoms with Crippen molar-refractivity contribution in [3.8, 4) is 0 Å². The third-order valence-electron chi connectivity index (χ3n) is 5.33. The zero-order valence-corrected chi connectivity index (χ0v) is 14.3. The maximum absolute atomic E-state index is 13.0. The number of piperidine rings is 1. The van der Waals surface area contributed by atoms with Crippen molar-refractivity contribution in [2.45, 2.75) is 25.8 Å². The molecule has 2 atom stereocenters. The first kappa shape index (κ1) is 15.9. The molecule has 0 unspecified atom stereocenters. The fourth-order valence-corrected chi connectivity index (χ4v) is 3.99. The Balaban J connectivity index is 1.56. The minimum Gasteiger partial charge on any atom is -0.365 e. The van der Waals surface area contributed by atoms with Gasteiger partial charge in [0.15, 0.2) is 0 Å². The number of amides is 2. The highest BCUT2D eigenvalue weighted by atomic mass is 16.2. The van der Waals surface area contributed by atoms with E-state index >= 15 is 0 Å². The molecule has 2 amide bonds. The molecule has 0 aliphatic carbocycles. The van der Waals surface area contributed by atoms with E-state index in [1.54, 1.807) is 18.5 Å². The number of nitrogens with zero attached hydrogens (tertiary/aromatic N) is 3. The van der Waals surface area contributed by atoms with Gasteiger partial charge in [0.05, 0.1) is 5.56 Å². The van der Waals surface area contributed by atoms with Crippen LogP contribution in [0.5, 0.6) is 0 Å². The van der Waals surface area contributed by atoms with E-state index in [1.807, 2.05) is 34.9 Å². The highest BCUT2D eigenvalue weighted by molar-refractivity contribution is 5.96. The summed E-state index contributed by atoms with van der Waals surface area (Å²) in [7, 11) is 0. The summed E-state index contributed by atoms with van der Waals surface area (Å²) >= 11 is 0. The third kappa shape index (κ3) is 2.92. The van der Waals surface area contributed by atoms with Crippen LogP contribution in [0.2, 0.25) is 0 Å². The Bertz CT molecular complexity index is 786. The molecule has 2 aromatic heterocycles. The molecular formula is C19H22N4O2. The molecule has 3 saturated heterocycles. The van der Waals surface area contributed by atoms with Gasteiger partial charge in [0, 0.05) is 43.8 Å². The zero-order chi connectivity index (χ0) is 17.4. The van der Waals surface area contributed by atoms with Crippen LogP contribution in [0.25, 0.3) is 0 Å². The molecular weight excluding hydrogens is 316 g/mol. The van der Waals surface area contributed by atoms with Gasteiger partial charge in [-0.05, 0) is 43.9 Å². The molecule has 0 aromatic carbocycles. The van der Waals surface area contributed by atoms with E-state index in [9.17, 15) is 9.59 Å². The summed E-state index contributed by atoms with van der Waals surface area (Å²) < 4.78 is 0. The second-order valence-electron chi connectivity index (χ2n) is 7.00. The zero-order valence-electron chi connectivity index (χ0n) is 14.3. The molecule has 3 aliphatic heterocycles. The number of nitrogens with one attached hydrogen (secondary N) is 1. The monoisotopic (exact) mass is 338 g/mol. The topological polar surface area (TPSA) is 69.3 Å². The van der Waals surface area contributed by atoms with Gasteiger partial charge in [-0.3, -0.25) is 14.6 Å². The molecule has 5 rings (SSSR count). The van der Waals surface area contributed by atoms with E-state index in [4.69, 9.17) is 0 Å². The maximum atomic E-state index is 13.0. The van der Waals surface area contributed by atoms with Crippen LogP contribution in [-0.4, -0.2) is 57.3 Å². The van der Waals surface area contributed by atoms with Crippen LogP contribution >= 0.6 is 0 Å². The van der Waals surface area contributed by atoms with Crippen molar-refractivity contribution in [1.29, 1.82) is 0 Å². The van der Waals surface area contributed by atoms with Gasteiger partial charge in [-0.25, -0.2) is 0 Å². The standard InChI is InChI=1S/C19H22N4O2/c1-13-16(7-9-20-13)18(24)23-11-14-5-6-15(23)12-22(10-14)19(25)17-4-2-3-8-21-17/h2-4,7-9,14-15,20H,5-6,10-12H2,1H3/t14-,15+/m1/s1. The first-order chi connectivity index (χ1) is 12.1. The highest BCUT2D eigenvalue weighted by Crippen LogP contribution is 2.30. The summed E-state index contributed by atoms with van der Waals surface area (Å²) in [6.45, 7) is 3.92. The largest absolute Gasteiger partial charge is 0.365 e. The molecule has 25 heavy (non-hydrogen) atoms. The molecule has 6 nitrogen and oxygen atoms in total. The van der Waals surface area contributed by atoms with Crippen molar-refractivity contribution in [2.75, 3.05) is 19.6 Å². The Labute approximate surface area is 146 Å². The first-order valence-corrected chi connectivity index (χ1v) is 8.78. The van der Waals surface area contributed by atoms with Gasteiger partial charge in [0.2, 0.25) is 0 Å². The van der Waals surface area contributed by atoms with E-state index in [1.165, 1.54) is 0 Å². The van der Waals surface area contributed by atoms with E-state index in [0.29, 0.717) is 24.7 Å². The Morgan fingerprint density at radius 1 is 1.12 bits per heavy atom. The summed E-state index contributed by atoms with van der Waals surface area (Å²) in [5, 5.41) is 0. The number of carbonyl (C=O) groups excluding carboxylic acids is 2. The number of pyridine rings is 1. The van der Waals surface area contributed by atoms with Crippen molar-refractivity contribution >= 4 is 11.8 Å². The Morgan fingerprint density at radius 3 is 2.72 bits per heavy atom. The van der Waals surface area contributed by atoms with Crippen LogP contribution in [0.15, 0.2) is 36.7 Å². The van der Waals surface area contributed by atoms with E-state index in [2.05, 4.69) is 9.97 Å². The first-order valence-electron chi connectivity index (χ1n) is 8.78. The molecule has 0 spiro atoms. The van der Waals surface area contributed by atoms with Gasteiger partial charge in [0.1, 0.15) is 5.69 Å². The van der Waals surface area contributed by atoms with Gasteiger partial charge in [-0.15, -0.1) is 0 Å². The predicted molar refractivity (Wildman–Crippen MR) is 93.2 cm³/mol. The Morgan fingerprint density at radius 2 is 2.00 bits per heavy atom. The van der Waals surface area contributed by atoms with Gasteiger partial charge in [-0.2, -0.15) is 0 Å². The number of hydrogen-bond acceptors (Lipinski definition) is 3. The van der Waals surface area contributed by atoms with E-state index in [-0.39, 0.29) is 17.9 Å². The lowest BCUT2D eigenvalue weighted by molar-refractivity contribution is 0.0573. The number of aromatic amines is 1. The number of hydrogen-bond donors (Lipinski definition) is 1. The minimum absolute atomic E-state index is 0.0374. The summed E-state index contributed by atoms with van der Waals surface area (Å²) in [4.78, 5) is 36.9. The van der Waals surface area contributed by atoms with Gasteiger partial charge < -0.3 is 14.8 Å². The highest BCUT2D eigenvalue weighted by Gasteiger charge is 2.39. The summed E-state index contributed by atoms with van der Waals surface area (Å²) in [6, 6.07) is 7.31. The number of carbonyl (C=O) groups is 2.